The lowest BCUT2D eigenvalue weighted by atomic mass is 10.1. The van der Waals surface area contributed by atoms with Gasteiger partial charge in [-0.3, -0.25) is 0 Å². The van der Waals surface area contributed by atoms with Crippen LogP contribution in [-0.4, -0.2) is 26.2 Å². The fourth-order valence-corrected chi connectivity index (χ4v) is 3.75. The van der Waals surface area contributed by atoms with Crippen LogP contribution in [0.15, 0.2) is 66.4 Å². The van der Waals surface area contributed by atoms with E-state index in [-0.39, 0.29) is 6.04 Å². The molecular formula is C25H34N4. The molecule has 0 amide bonds. The van der Waals surface area contributed by atoms with Crippen LogP contribution in [0.3, 0.4) is 0 Å². The highest BCUT2D eigenvalue weighted by molar-refractivity contribution is 5.58. The maximum Gasteiger partial charge on any atom is 0.0714 e. The van der Waals surface area contributed by atoms with Gasteiger partial charge in [-0.2, -0.15) is 0 Å². The van der Waals surface area contributed by atoms with Gasteiger partial charge in [-0.15, -0.1) is 0 Å². The van der Waals surface area contributed by atoms with Crippen LogP contribution < -0.4 is 20.7 Å². The summed E-state index contributed by atoms with van der Waals surface area (Å²) < 4.78 is 0. The van der Waals surface area contributed by atoms with Crippen LogP contribution in [0.25, 0.3) is 6.08 Å². The largest absolute Gasteiger partial charge is 0.372 e. The quantitative estimate of drug-likeness (QED) is 0.622. The third-order valence-electron chi connectivity index (χ3n) is 5.58. The smallest absolute Gasteiger partial charge is 0.0714 e. The summed E-state index contributed by atoms with van der Waals surface area (Å²) in [7, 11) is 0. The van der Waals surface area contributed by atoms with Crippen molar-refractivity contribution in [3.63, 3.8) is 0 Å². The van der Waals surface area contributed by atoms with E-state index in [1.807, 2.05) is 0 Å². The van der Waals surface area contributed by atoms with Crippen LogP contribution in [-0.2, 0) is 0 Å². The van der Waals surface area contributed by atoms with Gasteiger partial charge in [-0.1, -0.05) is 30.3 Å². The van der Waals surface area contributed by atoms with Crippen molar-refractivity contribution < 1.29 is 0 Å². The number of hydrogen-bond donors (Lipinski definition) is 2. The van der Waals surface area contributed by atoms with Crippen LogP contribution in [0.5, 0.6) is 0 Å². The standard InChI is InChI=1S/C25H34N4/c1-5-28(6-2)23-15-10-20(11-16-23)9-14-22-19-25(27-26-22)21-12-17-24(18-13-21)29(7-3)8-4/h9-19,25-27H,5-8H2,1-4H3. The Kier molecular flexibility index (Phi) is 7.36. The summed E-state index contributed by atoms with van der Waals surface area (Å²) in [6.45, 7) is 12.9. The Morgan fingerprint density at radius 3 is 1.76 bits per heavy atom. The van der Waals surface area contributed by atoms with Crippen LogP contribution in [0.2, 0.25) is 0 Å². The van der Waals surface area contributed by atoms with E-state index in [2.05, 4.69) is 115 Å². The van der Waals surface area contributed by atoms with Crippen molar-refractivity contribution in [3.05, 3.63) is 77.5 Å². The summed E-state index contributed by atoms with van der Waals surface area (Å²) in [6.07, 6.45) is 6.51. The molecule has 0 aliphatic carbocycles. The molecule has 4 heteroatoms. The zero-order valence-electron chi connectivity index (χ0n) is 18.2. The van der Waals surface area contributed by atoms with Crippen molar-refractivity contribution in [3.8, 4) is 0 Å². The number of allylic oxidation sites excluding steroid dienone is 1. The summed E-state index contributed by atoms with van der Waals surface area (Å²) in [5, 5.41) is 0. The Labute approximate surface area is 175 Å². The molecule has 3 rings (SSSR count). The van der Waals surface area contributed by atoms with Gasteiger partial charge in [0.1, 0.15) is 0 Å². The third-order valence-corrected chi connectivity index (χ3v) is 5.58. The molecule has 154 valence electrons. The SMILES string of the molecule is CCN(CC)c1ccc(C=CC2=CC(c3ccc(N(CC)CC)cc3)NN2)cc1. The molecule has 0 saturated carbocycles. The van der Waals surface area contributed by atoms with Crippen LogP contribution in [0.1, 0.15) is 44.9 Å². The summed E-state index contributed by atoms with van der Waals surface area (Å²) in [6, 6.07) is 17.8. The fourth-order valence-electron chi connectivity index (χ4n) is 3.75. The molecule has 1 atom stereocenters. The lowest BCUT2D eigenvalue weighted by Gasteiger charge is -2.21. The van der Waals surface area contributed by atoms with E-state index in [4.69, 9.17) is 0 Å². The Morgan fingerprint density at radius 2 is 1.24 bits per heavy atom. The predicted octanol–water partition coefficient (Wildman–Crippen LogP) is 5.13. The average molecular weight is 391 g/mol. The van der Waals surface area contributed by atoms with Gasteiger partial charge >= 0.3 is 0 Å². The first-order chi connectivity index (χ1) is 14.2. The molecule has 1 unspecified atom stereocenters. The molecule has 2 aromatic carbocycles. The molecule has 2 N–H and O–H groups in total. The number of benzene rings is 2. The Morgan fingerprint density at radius 1 is 0.724 bits per heavy atom. The number of anilines is 2. The minimum atomic E-state index is 0.186. The average Bonchev–Trinajstić information content (AvgIpc) is 3.24. The molecule has 0 radical (unpaired) electrons. The zero-order valence-corrected chi connectivity index (χ0v) is 18.2. The maximum absolute atomic E-state index is 3.36. The van der Waals surface area contributed by atoms with Gasteiger partial charge < -0.3 is 15.2 Å². The molecule has 0 fully saturated rings. The number of hydrazine groups is 1. The van der Waals surface area contributed by atoms with E-state index >= 15 is 0 Å². The number of nitrogens with one attached hydrogen (secondary N) is 2. The normalized spacial score (nSPS) is 16.0. The molecule has 1 aliphatic heterocycles. The maximum atomic E-state index is 3.36. The first-order valence-corrected chi connectivity index (χ1v) is 10.8. The topological polar surface area (TPSA) is 30.5 Å². The summed E-state index contributed by atoms with van der Waals surface area (Å²) in [5.41, 5.74) is 12.8. The van der Waals surface area contributed by atoms with Gasteiger partial charge in [-0.05, 0) is 75.2 Å². The number of nitrogens with zero attached hydrogens (tertiary/aromatic N) is 2. The van der Waals surface area contributed by atoms with Crippen molar-refractivity contribution in [2.75, 3.05) is 36.0 Å². The molecule has 0 saturated heterocycles. The first kappa shape index (κ1) is 21.0. The van der Waals surface area contributed by atoms with Gasteiger partial charge in [0, 0.05) is 43.3 Å². The van der Waals surface area contributed by atoms with Gasteiger partial charge in [0.2, 0.25) is 0 Å². The van der Waals surface area contributed by atoms with E-state index in [1.165, 1.54) is 22.5 Å². The second-order valence-corrected chi connectivity index (χ2v) is 7.23. The zero-order chi connectivity index (χ0) is 20.6. The van der Waals surface area contributed by atoms with E-state index in [9.17, 15) is 0 Å². The van der Waals surface area contributed by atoms with Crippen LogP contribution >= 0.6 is 0 Å². The lowest BCUT2D eigenvalue weighted by Crippen LogP contribution is -2.26. The van der Waals surface area contributed by atoms with Gasteiger partial charge in [0.25, 0.3) is 0 Å². The van der Waals surface area contributed by atoms with E-state index in [0.29, 0.717) is 0 Å². The highest BCUT2D eigenvalue weighted by Crippen LogP contribution is 2.23. The number of rotatable bonds is 9. The second kappa shape index (κ2) is 10.2. The highest BCUT2D eigenvalue weighted by Gasteiger charge is 2.15. The summed E-state index contributed by atoms with van der Waals surface area (Å²) in [5.74, 6) is 0. The third kappa shape index (κ3) is 5.21. The molecule has 0 spiro atoms. The van der Waals surface area contributed by atoms with Crippen LogP contribution in [0.4, 0.5) is 11.4 Å². The Bertz CT molecular complexity index is 813. The Hall–Kier alpha value is -2.72. The molecule has 1 heterocycles. The minimum Gasteiger partial charge on any atom is -0.372 e. The van der Waals surface area contributed by atoms with Crippen molar-refractivity contribution in [1.29, 1.82) is 0 Å². The van der Waals surface area contributed by atoms with Crippen molar-refractivity contribution in [1.82, 2.24) is 10.9 Å². The first-order valence-electron chi connectivity index (χ1n) is 10.8. The van der Waals surface area contributed by atoms with E-state index in [1.54, 1.807) is 0 Å². The molecule has 4 nitrogen and oxygen atoms in total. The van der Waals surface area contributed by atoms with E-state index < -0.39 is 0 Å². The van der Waals surface area contributed by atoms with Gasteiger partial charge in [0.05, 0.1) is 6.04 Å². The summed E-state index contributed by atoms with van der Waals surface area (Å²) >= 11 is 0. The van der Waals surface area contributed by atoms with Gasteiger partial charge in [0.15, 0.2) is 0 Å². The molecular weight excluding hydrogens is 356 g/mol. The second-order valence-electron chi connectivity index (χ2n) is 7.23. The Balaban J connectivity index is 1.64. The van der Waals surface area contributed by atoms with Crippen molar-refractivity contribution in [2.24, 2.45) is 0 Å². The summed E-state index contributed by atoms with van der Waals surface area (Å²) in [4.78, 5) is 4.72. The number of hydrogen-bond acceptors (Lipinski definition) is 4. The van der Waals surface area contributed by atoms with Crippen molar-refractivity contribution in [2.45, 2.75) is 33.7 Å². The molecule has 0 aromatic heterocycles. The fraction of sp³-hybridized carbons (Fsp3) is 0.360. The molecule has 0 bridgehead atoms. The minimum absolute atomic E-state index is 0.186. The van der Waals surface area contributed by atoms with E-state index in [0.717, 1.165) is 31.9 Å². The lowest BCUT2D eigenvalue weighted by molar-refractivity contribution is 0.602. The predicted molar refractivity (Wildman–Crippen MR) is 126 cm³/mol. The monoisotopic (exact) mass is 390 g/mol. The molecule has 1 aliphatic rings. The van der Waals surface area contributed by atoms with Crippen molar-refractivity contribution >= 4 is 17.5 Å². The molecule has 29 heavy (non-hydrogen) atoms. The highest BCUT2D eigenvalue weighted by atomic mass is 15.4. The molecule has 2 aromatic rings. The van der Waals surface area contributed by atoms with Gasteiger partial charge in [-0.25, -0.2) is 5.43 Å². The van der Waals surface area contributed by atoms with Crippen LogP contribution in [0, 0.1) is 0 Å².